The SMILES string of the molecule is Clc1ccc(CSc2nc(NC[C@@H]3CCCO3)c3ccccc3n2)cc1. The summed E-state index contributed by atoms with van der Waals surface area (Å²) in [5.74, 6) is 1.69. The number of aromatic nitrogens is 2. The van der Waals surface area contributed by atoms with E-state index < -0.39 is 0 Å². The van der Waals surface area contributed by atoms with E-state index in [4.69, 9.17) is 26.3 Å². The van der Waals surface area contributed by atoms with Crippen molar-refractivity contribution in [1.29, 1.82) is 0 Å². The molecule has 2 aromatic carbocycles. The molecule has 1 aliphatic rings. The van der Waals surface area contributed by atoms with Gasteiger partial charge in [0.05, 0.1) is 11.6 Å². The number of halogens is 1. The van der Waals surface area contributed by atoms with Crippen molar-refractivity contribution in [3.8, 4) is 0 Å². The minimum atomic E-state index is 0.272. The van der Waals surface area contributed by atoms with Gasteiger partial charge in [-0.25, -0.2) is 9.97 Å². The Bertz CT molecular complexity index is 882. The monoisotopic (exact) mass is 385 g/mol. The molecule has 3 aromatic rings. The first-order chi connectivity index (χ1) is 12.8. The average Bonchev–Trinajstić information content (AvgIpc) is 3.19. The van der Waals surface area contributed by atoms with E-state index in [1.807, 2.05) is 42.5 Å². The second-order valence-electron chi connectivity index (χ2n) is 6.30. The van der Waals surface area contributed by atoms with Crippen LogP contribution in [0.2, 0.25) is 5.02 Å². The summed E-state index contributed by atoms with van der Waals surface area (Å²) in [6.07, 6.45) is 2.52. The average molecular weight is 386 g/mol. The number of benzene rings is 2. The molecule has 134 valence electrons. The summed E-state index contributed by atoms with van der Waals surface area (Å²) >= 11 is 7.58. The molecule has 1 saturated heterocycles. The minimum absolute atomic E-state index is 0.272. The zero-order chi connectivity index (χ0) is 17.8. The number of nitrogens with zero attached hydrogens (tertiary/aromatic N) is 2. The van der Waals surface area contributed by atoms with Gasteiger partial charge in [-0.2, -0.15) is 0 Å². The topological polar surface area (TPSA) is 47.0 Å². The smallest absolute Gasteiger partial charge is 0.190 e. The van der Waals surface area contributed by atoms with E-state index in [0.717, 1.165) is 58.6 Å². The standard InChI is InChI=1S/C20H20ClN3OS/c21-15-9-7-14(8-10-15)13-26-20-23-18-6-2-1-5-17(18)19(24-20)22-12-16-4-3-11-25-16/h1-2,5-10,16H,3-4,11-13H2,(H,22,23,24)/t16-/m0/s1. The van der Waals surface area contributed by atoms with Gasteiger partial charge in [0, 0.05) is 29.3 Å². The van der Waals surface area contributed by atoms with Crippen LogP contribution in [0.3, 0.4) is 0 Å². The second kappa shape index (κ2) is 8.25. The van der Waals surface area contributed by atoms with Gasteiger partial charge in [0.15, 0.2) is 5.16 Å². The van der Waals surface area contributed by atoms with Crippen molar-refractivity contribution < 1.29 is 4.74 Å². The second-order valence-corrected chi connectivity index (χ2v) is 7.68. The highest BCUT2D eigenvalue weighted by molar-refractivity contribution is 7.98. The van der Waals surface area contributed by atoms with Gasteiger partial charge in [0.2, 0.25) is 0 Å². The Labute approximate surface area is 162 Å². The lowest BCUT2D eigenvalue weighted by atomic mass is 10.2. The van der Waals surface area contributed by atoms with Gasteiger partial charge < -0.3 is 10.1 Å². The summed E-state index contributed by atoms with van der Waals surface area (Å²) in [6, 6.07) is 16.0. The van der Waals surface area contributed by atoms with Gasteiger partial charge in [-0.05, 0) is 42.7 Å². The Kier molecular flexibility index (Phi) is 5.58. The Hall–Kier alpha value is -1.82. The van der Waals surface area contributed by atoms with Crippen LogP contribution in [0, 0.1) is 0 Å². The maximum atomic E-state index is 5.95. The first-order valence-corrected chi connectivity index (χ1v) is 10.1. The molecule has 6 heteroatoms. The minimum Gasteiger partial charge on any atom is -0.376 e. The molecule has 0 amide bonds. The summed E-state index contributed by atoms with van der Waals surface area (Å²) in [5.41, 5.74) is 2.15. The molecule has 0 bridgehead atoms. The van der Waals surface area contributed by atoms with Gasteiger partial charge in [-0.15, -0.1) is 0 Å². The molecule has 26 heavy (non-hydrogen) atoms. The van der Waals surface area contributed by atoms with E-state index in [-0.39, 0.29) is 6.10 Å². The summed E-state index contributed by atoms with van der Waals surface area (Å²) in [6.45, 7) is 1.64. The Morgan fingerprint density at radius 1 is 1.12 bits per heavy atom. The molecule has 1 atom stereocenters. The zero-order valence-corrected chi connectivity index (χ0v) is 15.9. The van der Waals surface area contributed by atoms with Gasteiger partial charge in [0.1, 0.15) is 5.82 Å². The Balaban J connectivity index is 1.53. The molecule has 0 unspecified atom stereocenters. The van der Waals surface area contributed by atoms with Crippen molar-refractivity contribution in [2.24, 2.45) is 0 Å². The van der Waals surface area contributed by atoms with Crippen molar-refractivity contribution in [1.82, 2.24) is 9.97 Å². The van der Waals surface area contributed by atoms with E-state index in [2.05, 4.69) is 11.4 Å². The van der Waals surface area contributed by atoms with Crippen molar-refractivity contribution in [2.45, 2.75) is 29.9 Å². The molecule has 0 aliphatic carbocycles. The van der Waals surface area contributed by atoms with Crippen LogP contribution in [-0.4, -0.2) is 29.2 Å². The normalized spacial score (nSPS) is 16.9. The fourth-order valence-corrected chi connectivity index (χ4v) is 3.93. The Morgan fingerprint density at radius 2 is 1.96 bits per heavy atom. The molecule has 2 heterocycles. The van der Waals surface area contributed by atoms with Gasteiger partial charge >= 0.3 is 0 Å². The van der Waals surface area contributed by atoms with Gasteiger partial charge in [-0.1, -0.05) is 47.6 Å². The maximum absolute atomic E-state index is 5.95. The fraction of sp³-hybridized carbons (Fsp3) is 0.300. The largest absolute Gasteiger partial charge is 0.376 e. The van der Waals surface area contributed by atoms with Crippen LogP contribution in [0.4, 0.5) is 5.82 Å². The van der Waals surface area contributed by atoms with Crippen LogP contribution in [0.25, 0.3) is 10.9 Å². The number of fused-ring (bicyclic) bond motifs is 1. The van der Waals surface area contributed by atoms with Crippen LogP contribution in [0.15, 0.2) is 53.7 Å². The number of ether oxygens (including phenoxy) is 1. The molecule has 0 radical (unpaired) electrons. The number of thioether (sulfide) groups is 1. The summed E-state index contributed by atoms with van der Waals surface area (Å²) in [4.78, 5) is 9.46. The Morgan fingerprint density at radius 3 is 2.77 bits per heavy atom. The van der Waals surface area contributed by atoms with Crippen LogP contribution in [0.1, 0.15) is 18.4 Å². The number of para-hydroxylation sites is 1. The van der Waals surface area contributed by atoms with Gasteiger partial charge in [0.25, 0.3) is 0 Å². The summed E-state index contributed by atoms with van der Waals surface area (Å²) in [7, 11) is 0. The summed E-state index contributed by atoms with van der Waals surface area (Å²) in [5, 5.41) is 6.03. The van der Waals surface area contributed by atoms with Crippen LogP contribution in [0.5, 0.6) is 0 Å². The highest BCUT2D eigenvalue weighted by Crippen LogP contribution is 2.27. The number of nitrogens with one attached hydrogen (secondary N) is 1. The quantitative estimate of drug-likeness (QED) is 0.468. The lowest BCUT2D eigenvalue weighted by Crippen LogP contribution is -2.19. The van der Waals surface area contributed by atoms with Crippen LogP contribution < -0.4 is 5.32 Å². The maximum Gasteiger partial charge on any atom is 0.190 e. The van der Waals surface area contributed by atoms with Gasteiger partial charge in [-0.3, -0.25) is 0 Å². The van der Waals surface area contributed by atoms with E-state index in [1.165, 1.54) is 5.56 Å². The molecule has 0 saturated carbocycles. The number of rotatable bonds is 6. The lowest BCUT2D eigenvalue weighted by Gasteiger charge is -2.14. The molecule has 4 rings (SSSR count). The highest BCUT2D eigenvalue weighted by atomic mass is 35.5. The lowest BCUT2D eigenvalue weighted by molar-refractivity contribution is 0.120. The molecule has 1 fully saturated rings. The highest BCUT2D eigenvalue weighted by Gasteiger charge is 2.16. The number of hydrogen-bond acceptors (Lipinski definition) is 5. The van der Waals surface area contributed by atoms with E-state index in [0.29, 0.717) is 0 Å². The van der Waals surface area contributed by atoms with Crippen molar-refractivity contribution in [2.75, 3.05) is 18.5 Å². The molecule has 4 nitrogen and oxygen atoms in total. The van der Waals surface area contributed by atoms with Crippen LogP contribution in [-0.2, 0) is 10.5 Å². The first-order valence-electron chi connectivity index (χ1n) is 8.77. The van der Waals surface area contributed by atoms with Crippen molar-refractivity contribution in [3.63, 3.8) is 0 Å². The first kappa shape index (κ1) is 17.6. The zero-order valence-electron chi connectivity index (χ0n) is 14.3. The van der Waals surface area contributed by atoms with Crippen molar-refractivity contribution in [3.05, 3.63) is 59.1 Å². The molecule has 0 spiro atoms. The third kappa shape index (κ3) is 4.29. The number of hydrogen-bond donors (Lipinski definition) is 1. The predicted octanol–water partition coefficient (Wildman–Crippen LogP) is 5.17. The van der Waals surface area contributed by atoms with Crippen LogP contribution >= 0.6 is 23.4 Å². The van der Waals surface area contributed by atoms with E-state index >= 15 is 0 Å². The summed E-state index contributed by atoms with van der Waals surface area (Å²) < 4.78 is 5.71. The van der Waals surface area contributed by atoms with Crippen molar-refractivity contribution >= 4 is 40.1 Å². The third-order valence-corrected chi connectivity index (χ3v) is 5.56. The molecular weight excluding hydrogens is 366 g/mol. The number of anilines is 1. The van der Waals surface area contributed by atoms with E-state index in [1.54, 1.807) is 11.8 Å². The molecule has 1 aromatic heterocycles. The predicted molar refractivity (Wildman–Crippen MR) is 108 cm³/mol. The third-order valence-electron chi connectivity index (χ3n) is 4.39. The fourth-order valence-electron chi connectivity index (χ4n) is 3.00. The molecule has 1 aliphatic heterocycles. The van der Waals surface area contributed by atoms with E-state index in [9.17, 15) is 0 Å². The molecular formula is C20H20ClN3OS. The molecule has 1 N–H and O–H groups in total.